The van der Waals surface area contributed by atoms with Crippen LogP contribution in [-0.4, -0.2) is 78.5 Å². The van der Waals surface area contributed by atoms with E-state index >= 15 is 0 Å². The molecule has 6 N–H and O–H groups in total. The van der Waals surface area contributed by atoms with Gasteiger partial charge in [-0.3, -0.25) is 19.3 Å². The van der Waals surface area contributed by atoms with Gasteiger partial charge in [0.15, 0.2) is 10.8 Å². The molecular weight excluding hydrogens is 633 g/mol. The van der Waals surface area contributed by atoms with Crippen LogP contribution in [0.15, 0.2) is 51.2 Å². The highest BCUT2D eigenvalue weighted by Gasteiger charge is 2.53. The van der Waals surface area contributed by atoms with Gasteiger partial charge in [-0.2, -0.15) is 0 Å². The Labute approximate surface area is 262 Å². The molecule has 2 aromatic heterocycles. The third-order valence-electron chi connectivity index (χ3n) is 6.71. The summed E-state index contributed by atoms with van der Waals surface area (Å²) in [4.78, 5) is 64.5. The highest BCUT2D eigenvalue weighted by molar-refractivity contribution is 8.01. The number of nitrogen functional groups attached to an aromatic ring is 2. The minimum Gasteiger partial charge on any atom is -0.543 e. The molecule has 0 aliphatic carbocycles. The Bertz CT molecular complexity index is 1740. The van der Waals surface area contributed by atoms with Gasteiger partial charge in [-0.05, 0) is 41.4 Å². The maximum absolute atomic E-state index is 13.2. The summed E-state index contributed by atoms with van der Waals surface area (Å²) in [6.07, 6.45) is -1.23. The molecule has 4 heterocycles. The molecule has 1 saturated heterocycles. The van der Waals surface area contributed by atoms with Gasteiger partial charge in [-0.25, -0.2) is 9.55 Å². The van der Waals surface area contributed by atoms with Gasteiger partial charge in [0.25, 0.3) is 17.6 Å². The number of β-lactam (4-membered cyclic amide) rings is 1. The van der Waals surface area contributed by atoms with Crippen molar-refractivity contribution >= 4 is 86.2 Å². The Hall–Kier alpha value is -4.42. The molecule has 0 bridgehead atoms. The number of oxime groups is 1. The number of aromatic nitrogens is 3. The van der Waals surface area contributed by atoms with Crippen molar-refractivity contribution in [1.29, 1.82) is 0 Å². The topological polar surface area (TPSA) is 230 Å². The first-order valence-electron chi connectivity index (χ1n) is 13.0. The van der Waals surface area contributed by atoms with Gasteiger partial charge in [0.05, 0.1) is 30.5 Å². The predicted molar refractivity (Wildman–Crippen MR) is 161 cm³/mol. The van der Waals surface area contributed by atoms with Crippen molar-refractivity contribution in [2.75, 3.05) is 23.0 Å². The third-order valence-corrected chi connectivity index (χ3v) is 9.84. The maximum Gasteiger partial charge on any atom is 0.362 e. The van der Waals surface area contributed by atoms with Gasteiger partial charge in [0.2, 0.25) is 0 Å². The number of anilines is 2. The summed E-state index contributed by atoms with van der Waals surface area (Å²) >= 11 is 3.61. The molecule has 18 heteroatoms. The van der Waals surface area contributed by atoms with Crippen LogP contribution in [0.2, 0.25) is 0 Å². The summed E-state index contributed by atoms with van der Waals surface area (Å²) in [6.45, 7) is 1.46. The number of aryl methyl sites for hydroxylation is 1. The fourth-order valence-corrected chi connectivity index (χ4v) is 7.64. The van der Waals surface area contributed by atoms with Crippen LogP contribution in [0.5, 0.6) is 0 Å². The fourth-order valence-electron chi connectivity index (χ4n) is 4.62. The van der Waals surface area contributed by atoms with E-state index in [4.69, 9.17) is 21.4 Å². The lowest BCUT2D eigenvalue weighted by atomic mass is 10.0. The first kappa shape index (κ1) is 31.0. The highest BCUT2D eigenvalue weighted by Crippen LogP contribution is 2.41. The van der Waals surface area contributed by atoms with Crippen molar-refractivity contribution in [3.8, 4) is 0 Å². The lowest BCUT2D eigenvalue weighted by molar-refractivity contribution is -0.687. The Morgan fingerprint density at radius 3 is 2.75 bits per heavy atom. The second kappa shape index (κ2) is 12.7. The normalized spacial score (nSPS) is 18.9. The summed E-state index contributed by atoms with van der Waals surface area (Å²) in [7, 11) is 1.83. The number of carboxylic acid groups (broad SMARTS) is 2. The standard InChI is InChI=1S/C26H26N8O7S3/c1-11(7-16(35)36)41-32-17(14-10-43-25(28)29-14)21(37)30-18-22(38)34-19(24(39)40)12(8-42-23(18)34)9-44-26-31-20(27)13-5-3-4-6-15(13)33(26)2/h3-6,10-11,18,23,27H,7-9H2,1-2H3,(H5,28,29,30,35,36,37,39,40)/b32-17-/t11?,18?,23-/m1/s1. The maximum atomic E-state index is 13.2. The Morgan fingerprint density at radius 1 is 1.32 bits per heavy atom. The summed E-state index contributed by atoms with van der Waals surface area (Å²) in [5, 5.41) is 29.9. The molecule has 3 atom stereocenters. The van der Waals surface area contributed by atoms with Crippen molar-refractivity contribution in [1.82, 2.24) is 20.2 Å². The van der Waals surface area contributed by atoms with Crippen LogP contribution >= 0.6 is 34.9 Å². The van der Waals surface area contributed by atoms with Gasteiger partial charge < -0.3 is 36.6 Å². The summed E-state index contributed by atoms with van der Waals surface area (Å²) < 4.78 is 1.86. The Morgan fingerprint density at radius 2 is 2.07 bits per heavy atom. The number of nitrogens with one attached hydrogen (secondary N) is 1. The van der Waals surface area contributed by atoms with Crippen LogP contribution < -0.4 is 26.5 Å². The Balaban J connectivity index is 1.33. The van der Waals surface area contributed by atoms with Crippen molar-refractivity contribution < 1.29 is 38.8 Å². The molecule has 1 aromatic carbocycles. The van der Waals surface area contributed by atoms with Crippen molar-refractivity contribution in [3.05, 3.63) is 46.6 Å². The molecule has 2 aliphatic heterocycles. The molecule has 2 amide bonds. The third kappa shape index (κ3) is 6.13. The summed E-state index contributed by atoms with van der Waals surface area (Å²) in [5.74, 6) is -3.31. The quantitative estimate of drug-likeness (QED) is 0.0507. The minimum atomic E-state index is -1.51. The van der Waals surface area contributed by atoms with Crippen LogP contribution in [0, 0.1) is 0 Å². The van der Waals surface area contributed by atoms with E-state index in [1.54, 1.807) is 0 Å². The molecule has 0 radical (unpaired) electrons. The van der Waals surface area contributed by atoms with E-state index in [1.807, 2.05) is 35.9 Å². The number of nitrogens with zero attached hydrogens (tertiary/aromatic N) is 5. The SMILES string of the molecule is CC(CC(=O)O)O/N=C(\C(=O)NC1C(=O)N2C(C(=O)[O-])=C(CSc3nc(N)c4ccccc4[n+]3C)CS[C@H]12)c1csc(N)n1. The van der Waals surface area contributed by atoms with Crippen molar-refractivity contribution in [2.24, 2.45) is 12.2 Å². The number of para-hydroxylation sites is 1. The second-order valence-corrected chi connectivity index (χ2v) is 12.7. The van der Waals surface area contributed by atoms with Gasteiger partial charge in [0.1, 0.15) is 28.7 Å². The van der Waals surface area contributed by atoms with Gasteiger partial charge in [-0.1, -0.05) is 17.3 Å². The van der Waals surface area contributed by atoms with E-state index < -0.39 is 41.3 Å². The number of benzene rings is 1. The van der Waals surface area contributed by atoms with E-state index in [0.717, 1.165) is 27.1 Å². The number of thiazole rings is 1. The zero-order chi connectivity index (χ0) is 31.7. The van der Waals surface area contributed by atoms with Crippen LogP contribution in [0.3, 0.4) is 0 Å². The molecule has 1 fully saturated rings. The van der Waals surface area contributed by atoms with E-state index in [0.29, 0.717) is 16.5 Å². The number of rotatable bonds is 11. The van der Waals surface area contributed by atoms with Crippen LogP contribution in [0.25, 0.3) is 10.9 Å². The number of aliphatic carboxylic acids is 2. The average Bonchev–Trinajstić information content (AvgIpc) is 3.41. The highest BCUT2D eigenvalue weighted by atomic mass is 32.2. The Kier molecular flexibility index (Phi) is 8.93. The van der Waals surface area contributed by atoms with Crippen molar-refractivity contribution in [2.45, 2.75) is 36.0 Å². The van der Waals surface area contributed by atoms with Gasteiger partial charge in [0, 0.05) is 16.9 Å². The van der Waals surface area contributed by atoms with E-state index in [9.17, 15) is 24.3 Å². The molecule has 3 aromatic rings. The number of hydrogen-bond donors (Lipinski definition) is 4. The number of hydrogen-bond acceptors (Lipinski definition) is 14. The first-order chi connectivity index (χ1) is 21.0. The van der Waals surface area contributed by atoms with Gasteiger partial charge >= 0.3 is 11.1 Å². The molecular formula is C26H26N8O7S3. The molecule has 230 valence electrons. The van der Waals surface area contributed by atoms with Crippen molar-refractivity contribution in [3.63, 3.8) is 0 Å². The number of carbonyl (C=O) groups excluding carboxylic acids is 3. The van der Waals surface area contributed by atoms with Gasteiger partial charge in [-0.15, -0.1) is 23.1 Å². The molecule has 5 rings (SSSR count). The lowest BCUT2D eigenvalue weighted by Crippen LogP contribution is -2.71. The second-order valence-electron chi connectivity index (χ2n) is 9.77. The van der Waals surface area contributed by atoms with E-state index in [-0.39, 0.29) is 40.2 Å². The molecule has 2 unspecified atom stereocenters. The smallest absolute Gasteiger partial charge is 0.362 e. The number of nitrogens with two attached hydrogens (primary N) is 2. The predicted octanol–water partition coefficient (Wildman–Crippen LogP) is -0.540. The lowest BCUT2D eigenvalue weighted by Gasteiger charge is -2.50. The summed E-state index contributed by atoms with van der Waals surface area (Å²) in [6, 6.07) is 6.43. The van der Waals surface area contributed by atoms with E-state index in [1.165, 1.54) is 35.8 Å². The van der Waals surface area contributed by atoms with Crippen LogP contribution in [0.1, 0.15) is 19.0 Å². The first-order valence-corrected chi connectivity index (χ1v) is 15.9. The zero-order valence-corrected chi connectivity index (χ0v) is 25.7. The average molecular weight is 659 g/mol. The number of fused-ring (bicyclic) bond motifs is 2. The fraction of sp³-hybridized carbons (Fsp3) is 0.308. The molecule has 2 aliphatic rings. The largest absolute Gasteiger partial charge is 0.543 e. The molecule has 0 spiro atoms. The molecule has 0 saturated carbocycles. The summed E-state index contributed by atoms with van der Waals surface area (Å²) in [5.41, 5.74) is 12.7. The minimum absolute atomic E-state index is 0.0678. The number of thioether (sulfide) groups is 2. The van der Waals surface area contributed by atoms with Crippen LogP contribution in [0.4, 0.5) is 10.9 Å². The van der Waals surface area contributed by atoms with Crippen LogP contribution in [-0.2, 0) is 31.1 Å². The number of amides is 2. The molecule has 15 nitrogen and oxygen atoms in total. The zero-order valence-electron chi connectivity index (χ0n) is 23.3. The molecule has 44 heavy (non-hydrogen) atoms. The monoisotopic (exact) mass is 658 g/mol. The van der Waals surface area contributed by atoms with E-state index in [2.05, 4.69) is 20.4 Å². The number of carbonyl (C=O) groups is 4. The number of carboxylic acids is 2.